The molecular weight excluding hydrogens is 326 g/mol. The Bertz CT molecular complexity index is 725. The monoisotopic (exact) mass is 351 g/mol. The third-order valence-electron chi connectivity index (χ3n) is 5.01. The lowest BCUT2D eigenvalue weighted by Gasteiger charge is -2.33. The molecule has 0 atom stereocenters. The zero-order valence-corrected chi connectivity index (χ0v) is 15.2. The molecule has 0 spiro atoms. The summed E-state index contributed by atoms with van der Waals surface area (Å²) in [6.45, 7) is 1.98. The molecule has 0 aliphatic carbocycles. The molecule has 2 amide bonds. The predicted octanol–water partition coefficient (Wildman–Crippen LogP) is 2.63. The predicted molar refractivity (Wildman–Crippen MR) is 101 cm³/mol. The molecule has 1 fully saturated rings. The maximum Gasteiger partial charge on any atom is 0.253 e. The van der Waals surface area contributed by atoms with E-state index < -0.39 is 0 Å². The van der Waals surface area contributed by atoms with E-state index in [1.54, 1.807) is 12.4 Å². The Balaban J connectivity index is 1.48. The molecule has 0 unspecified atom stereocenters. The van der Waals surface area contributed by atoms with E-state index >= 15 is 0 Å². The van der Waals surface area contributed by atoms with E-state index in [9.17, 15) is 9.59 Å². The second kappa shape index (κ2) is 8.61. The number of hydrogen-bond acceptors (Lipinski definition) is 3. The van der Waals surface area contributed by atoms with Gasteiger partial charge in [0.05, 0.1) is 0 Å². The van der Waals surface area contributed by atoms with Crippen molar-refractivity contribution in [3.8, 4) is 0 Å². The number of aromatic nitrogens is 1. The number of likely N-dealkylation sites (N-methyl/N-ethyl adjacent to an activating group) is 1. The van der Waals surface area contributed by atoms with Gasteiger partial charge in [0.25, 0.3) is 5.91 Å². The van der Waals surface area contributed by atoms with Gasteiger partial charge in [-0.25, -0.2) is 0 Å². The molecule has 3 rings (SSSR count). The maximum atomic E-state index is 12.7. The van der Waals surface area contributed by atoms with Gasteiger partial charge in [-0.1, -0.05) is 18.2 Å². The summed E-state index contributed by atoms with van der Waals surface area (Å²) in [7, 11) is 1.87. The minimum Gasteiger partial charge on any atom is -0.345 e. The third-order valence-corrected chi connectivity index (χ3v) is 5.01. The lowest BCUT2D eigenvalue weighted by atomic mass is 9.94. The first-order chi connectivity index (χ1) is 12.6. The van der Waals surface area contributed by atoms with Gasteiger partial charge in [-0.2, -0.15) is 0 Å². The first-order valence-corrected chi connectivity index (χ1v) is 9.13. The molecule has 1 aliphatic rings. The Morgan fingerprint density at radius 2 is 1.73 bits per heavy atom. The van der Waals surface area contributed by atoms with Crippen LogP contribution >= 0.6 is 0 Å². The number of piperidine rings is 1. The fraction of sp³-hybridized carbons (Fsp3) is 0.381. The van der Waals surface area contributed by atoms with Gasteiger partial charge in [0.2, 0.25) is 5.91 Å². The second-order valence-electron chi connectivity index (χ2n) is 6.80. The van der Waals surface area contributed by atoms with Crippen LogP contribution < -0.4 is 0 Å². The van der Waals surface area contributed by atoms with Crippen LogP contribution in [0, 0.1) is 5.92 Å². The van der Waals surface area contributed by atoms with E-state index in [0.717, 1.165) is 19.3 Å². The quantitative estimate of drug-likeness (QED) is 0.832. The molecule has 0 radical (unpaired) electrons. The Kier molecular flexibility index (Phi) is 6.00. The Morgan fingerprint density at radius 1 is 1.08 bits per heavy atom. The van der Waals surface area contributed by atoms with Crippen LogP contribution in [0.1, 0.15) is 28.8 Å². The first-order valence-electron chi connectivity index (χ1n) is 9.13. The van der Waals surface area contributed by atoms with Crippen molar-refractivity contribution in [2.45, 2.75) is 19.3 Å². The number of carbonyl (C=O) groups excluding carboxylic acids is 2. The summed E-state index contributed by atoms with van der Waals surface area (Å²) in [5.41, 5.74) is 1.90. The van der Waals surface area contributed by atoms with Crippen molar-refractivity contribution in [2.75, 3.05) is 26.7 Å². The van der Waals surface area contributed by atoms with Crippen LogP contribution in [0.2, 0.25) is 0 Å². The van der Waals surface area contributed by atoms with E-state index in [1.807, 2.05) is 59.3 Å². The molecule has 136 valence electrons. The van der Waals surface area contributed by atoms with Gasteiger partial charge >= 0.3 is 0 Å². The van der Waals surface area contributed by atoms with Crippen LogP contribution in [0.4, 0.5) is 0 Å². The summed E-state index contributed by atoms with van der Waals surface area (Å²) in [6, 6.07) is 13.3. The molecular formula is C21H25N3O2. The maximum absolute atomic E-state index is 12.7. The highest BCUT2D eigenvalue weighted by Gasteiger charge is 2.29. The highest BCUT2D eigenvalue weighted by molar-refractivity contribution is 5.94. The van der Waals surface area contributed by atoms with Gasteiger partial charge in [0.15, 0.2) is 0 Å². The molecule has 5 nitrogen and oxygen atoms in total. The number of hydrogen-bond donors (Lipinski definition) is 0. The normalized spacial score (nSPS) is 14.9. The van der Waals surface area contributed by atoms with Crippen LogP contribution in [0.5, 0.6) is 0 Å². The lowest BCUT2D eigenvalue weighted by molar-refractivity contribution is -0.135. The molecule has 1 saturated heterocycles. The van der Waals surface area contributed by atoms with Crippen molar-refractivity contribution in [3.05, 3.63) is 66.0 Å². The summed E-state index contributed by atoms with van der Waals surface area (Å²) in [6.07, 6.45) is 5.84. The van der Waals surface area contributed by atoms with Crippen molar-refractivity contribution in [3.63, 3.8) is 0 Å². The standard InChI is InChI=1S/C21H25N3O2/c1-23(14-9-17-7-12-22-13-8-17)20(25)19-10-15-24(16-11-19)21(26)18-5-3-2-4-6-18/h2-8,12-13,19H,9-11,14-16H2,1H3. The smallest absolute Gasteiger partial charge is 0.253 e. The van der Waals surface area contributed by atoms with Crippen molar-refractivity contribution in [1.29, 1.82) is 0 Å². The molecule has 5 heteroatoms. The van der Waals surface area contributed by atoms with Crippen molar-refractivity contribution < 1.29 is 9.59 Å². The number of likely N-dealkylation sites (tertiary alicyclic amines) is 1. The molecule has 1 aliphatic heterocycles. The van der Waals surface area contributed by atoms with Gasteiger partial charge in [0, 0.05) is 50.6 Å². The van der Waals surface area contributed by atoms with Gasteiger partial charge in [-0.05, 0) is 49.1 Å². The van der Waals surface area contributed by atoms with E-state index in [1.165, 1.54) is 5.56 Å². The largest absolute Gasteiger partial charge is 0.345 e. The van der Waals surface area contributed by atoms with E-state index in [0.29, 0.717) is 25.2 Å². The van der Waals surface area contributed by atoms with Crippen LogP contribution in [0.15, 0.2) is 54.9 Å². The zero-order chi connectivity index (χ0) is 18.4. The number of benzene rings is 1. The highest BCUT2D eigenvalue weighted by atomic mass is 16.2. The number of carbonyl (C=O) groups is 2. The average Bonchev–Trinajstić information content (AvgIpc) is 2.72. The van der Waals surface area contributed by atoms with Gasteiger partial charge in [-0.15, -0.1) is 0 Å². The van der Waals surface area contributed by atoms with Crippen LogP contribution in [0.25, 0.3) is 0 Å². The summed E-state index contributed by atoms with van der Waals surface area (Å²) < 4.78 is 0. The molecule has 2 aromatic rings. The minimum atomic E-state index is 0.0114. The SMILES string of the molecule is CN(CCc1ccncc1)C(=O)C1CCN(C(=O)c2ccccc2)CC1. The van der Waals surface area contributed by atoms with Gasteiger partial charge < -0.3 is 9.80 Å². The Labute approximate surface area is 154 Å². The molecule has 0 N–H and O–H groups in total. The van der Waals surface area contributed by atoms with Gasteiger partial charge in [0.1, 0.15) is 0 Å². The topological polar surface area (TPSA) is 53.5 Å². The molecule has 0 saturated carbocycles. The summed E-state index contributed by atoms with van der Waals surface area (Å²) in [4.78, 5) is 32.9. The lowest BCUT2D eigenvalue weighted by Crippen LogP contribution is -2.43. The molecule has 1 aromatic heterocycles. The number of amides is 2. The van der Waals surface area contributed by atoms with Crippen LogP contribution in [-0.4, -0.2) is 53.3 Å². The first kappa shape index (κ1) is 18.1. The van der Waals surface area contributed by atoms with Gasteiger partial charge in [-0.3, -0.25) is 14.6 Å². The molecule has 0 bridgehead atoms. The summed E-state index contributed by atoms with van der Waals surface area (Å²) in [5.74, 6) is 0.255. The number of pyridine rings is 1. The second-order valence-corrected chi connectivity index (χ2v) is 6.80. The Hall–Kier alpha value is -2.69. The van der Waals surface area contributed by atoms with Crippen LogP contribution in [-0.2, 0) is 11.2 Å². The molecule has 26 heavy (non-hydrogen) atoms. The van der Waals surface area contributed by atoms with Crippen LogP contribution in [0.3, 0.4) is 0 Å². The van der Waals surface area contributed by atoms with E-state index in [4.69, 9.17) is 0 Å². The summed E-state index contributed by atoms with van der Waals surface area (Å²) in [5, 5.41) is 0. The third kappa shape index (κ3) is 4.48. The summed E-state index contributed by atoms with van der Waals surface area (Å²) >= 11 is 0. The van der Waals surface area contributed by atoms with E-state index in [2.05, 4.69) is 4.98 Å². The van der Waals surface area contributed by atoms with E-state index in [-0.39, 0.29) is 17.7 Å². The average molecular weight is 351 g/mol. The highest BCUT2D eigenvalue weighted by Crippen LogP contribution is 2.21. The molecule has 2 heterocycles. The number of nitrogens with zero attached hydrogens (tertiary/aromatic N) is 3. The minimum absolute atomic E-state index is 0.0114. The van der Waals surface area contributed by atoms with Crippen molar-refractivity contribution in [1.82, 2.24) is 14.8 Å². The Morgan fingerprint density at radius 3 is 2.38 bits per heavy atom. The number of rotatable bonds is 5. The molecule has 1 aromatic carbocycles. The van der Waals surface area contributed by atoms with Crippen molar-refractivity contribution in [2.24, 2.45) is 5.92 Å². The zero-order valence-electron chi connectivity index (χ0n) is 15.2. The fourth-order valence-electron chi connectivity index (χ4n) is 3.36. The van der Waals surface area contributed by atoms with Crippen molar-refractivity contribution >= 4 is 11.8 Å². The fourth-order valence-corrected chi connectivity index (χ4v) is 3.36.